The van der Waals surface area contributed by atoms with Crippen LogP contribution in [0.2, 0.25) is 0 Å². The highest BCUT2D eigenvalue weighted by molar-refractivity contribution is 6.12. The molecule has 2 aromatic carbocycles. The fourth-order valence-corrected chi connectivity index (χ4v) is 2.33. The number of anilines is 1. The van der Waals surface area contributed by atoms with Crippen LogP contribution in [-0.4, -0.2) is 68.6 Å². The smallest absolute Gasteiger partial charge is 0.195 e. The molecule has 0 aliphatic carbocycles. The minimum absolute atomic E-state index is 0.212. The molecular weight excluding hydrogens is 352 g/mol. The van der Waals surface area contributed by atoms with Crippen LogP contribution < -0.4 is 5.43 Å². The van der Waals surface area contributed by atoms with Crippen molar-refractivity contribution >= 4 is 17.7 Å². The van der Waals surface area contributed by atoms with Gasteiger partial charge in [0.1, 0.15) is 24.4 Å². The molecule has 0 saturated carbocycles. The van der Waals surface area contributed by atoms with E-state index in [1.54, 1.807) is 54.6 Å². The molecular formula is C19H22N2O6. The molecule has 2 aromatic rings. The van der Waals surface area contributed by atoms with Crippen LogP contribution in [0.5, 0.6) is 0 Å². The zero-order chi connectivity index (χ0) is 19.8. The van der Waals surface area contributed by atoms with Crippen molar-refractivity contribution in [3.63, 3.8) is 0 Å². The number of aliphatic hydroxyl groups excluding tert-OH is 5. The monoisotopic (exact) mass is 374 g/mol. The number of hydrogen-bond donors (Lipinski definition) is 6. The first-order valence-electron chi connectivity index (χ1n) is 8.26. The molecule has 8 nitrogen and oxygen atoms in total. The number of para-hydroxylation sites is 1. The number of carbonyl (C=O) groups excluding carboxylic acids is 1. The van der Waals surface area contributed by atoms with Gasteiger partial charge in [-0.1, -0.05) is 42.5 Å². The van der Waals surface area contributed by atoms with Gasteiger partial charge < -0.3 is 25.5 Å². The Kier molecular flexibility index (Phi) is 7.59. The quantitative estimate of drug-likeness (QED) is 0.202. The van der Waals surface area contributed by atoms with Crippen molar-refractivity contribution in [2.75, 3.05) is 12.0 Å². The van der Waals surface area contributed by atoms with Crippen LogP contribution in [0.1, 0.15) is 15.9 Å². The molecule has 27 heavy (non-hydrogen) atoms. The maximum atomic E-state index is 12.6. The van der Waals surface area contributed by atoms with Gasteiger partial charge >= 0.3 is 0 Å². The highest BCUT2D eigenvalue weighted by atomic mass is 16.4. The zero-order valence-corrected chi connectivity index (χ0v) is 14.4. The minimum Gasteiger partial charge on any atom is -0.394 e. The van der Waals surface area contributed by atoms with E-state index < -0.39 is 31.0 Å². The van der Waals surface area contributed by atoms with Crippen LogP contribution in [0.4, 0.5) is 5.69 Å². The molecule has 0 bridgehead atoms. The van der Waals surface area contributed by atoms with E-state index in [9.17, 15) is 25.2 Å². The second-order valence-corrected chi connectivity index (χ2v) is 5.85. The Labute approximate surface area is 156 Å². The van der Waals surface area contributed by atoms with Gasteiger partial charge in [-0.2, -0.15) is 5.10 Å². The molecule has 6 N–H and O–H groups in total. The molecule has 0 aliphatic rings. The fraction of sp³-hybridized carbons (Fsp3) is 0.263. The van der Waals surface area contributed by atoms with Crippen molar-refractivity contribution in [2.45, 2.75) is 24.4 Å². The summed E-state index contributed by atoms with van der Waals surface area (Å²) in [5.74, 6) is -0.212. The van der Waals surface area contributed by atoms with Crippen LogP contribution in [0.25, 0.3) is 0 Å². The van der Waals surface area contributed by atoms with Gasteiger partial charge in [-0.05, 0) is 12.1 Å². The molecule has 144 valence electrons. The molecule has 0 heterocycles. The van der Waals surface area contributed by atoms with Gasteiger partial charge in [0.05, 0.1) is 18.5 Å². The van der Waals surface area contributed by atoms with Crippen molar-refractivity contribution in [2.24, 2.45) is 5.10 Å². The van der Waals surface area contributed by atoms with Crippen molar-refractivity contribution in [1.82, 2.24) is 0 Å². The Hall–Kier alpha value is -2.62. The average Bonchev–Trinajstić information content (AvgIpc) is 2.72. The third-order valence-corrected chi connectivity index (χ3v) is 3.90. The number of ketones is 1. The van der Waals surface area contributed by atoms with Crippen LogP contribution in [0.3, 0.4) is 0 Å². The van der Waals surface area contributed by atoms with Gasteiger partial charge in [-0.25, -0.2) is 0 Å². The van der Waals surface area contributed by atoms with Crippen LogP contribution in [-0.2, 0) is 0 Å². The first kappa shape index (κ1) is 20.7. The molecule has 0 spiro atoms. The molecule has 2 rings (SSSR count). The lowest BCUT2D eigenvalue weighted by Gasteiger charge is -2.23. The number of nitrogens with zero attached hydrogens (tertiary/aromatic N) is 1. The van der Waals surface area contributed by atoms with E-state index in [1.807, 2.05) is 0 Å². The SMILES string of the molecule is O=C(c1ccccc1)c1ccccc1NN=C[C@H](O)[C@@H](O)[C@H](O)[C@H](O)CO. The molecule has 0 amide bonds. The third-order valence-electron chi connectivity index (χ3n) is 3.90. The second kappa shape index (κ2) is 9.91. The highest BCUT2D eigenvalue weighted by Gasteiger charge is 2.29. The summed E-state index contributed by atoms with van der Waals surface area (Å²) in [6.45, 7) is -0.769. The summed E-state index contributed by atoms with van der Waals surface area (Å²) in [5, 5.41) is 50.9. The van der Waals surface area contributed by atoms with Gasteiger partial charge in [0, 0.05) is 11.1 Å². The number of nitrogens with one attached hydrogen (secondary N) is 1. The Morgan fingerprint density at radius 2 is 1.59 bits per heavy atom. The number of carbonyl (C=O) groups is 1. The lowest BCUT2D eigenvalue weighted by atomic mass is 10.0. The average molecular weight is 374 g/mol. The van der Waals surface area contributed by atoms with Crippen LogP contribution in [0.15, 0.2) is 59.7 Å². The van der Waals surface area contributed by atoms with Gasteiger partial charge in [0.2, 0.25) is 0 Å². The zero-order valence-electron chi connectivity index (χ0n) is 14.4. The molecule has 0 unspecified atom stereocenters. The third kappa shape index (κ3) is 5.43. The van der Waals surface area contributed by atoms with Gasteiger partial charge in [0.25, 0.3) is 0 Å². The molecule has 8 heteroatoms. The van der Waals surface area contributed by atoms with E-state index in [0.29, 0.717) is 16.8 Å². The Bertz CT molecular complexity index is 768. The number of rotatable bonds is 9. The summed E-state index contributed by atoms with van der Waals surface area (Å²) in [6.07, 6.45) is -5.78. The normalized spacial score (nSPS) is 15.9. The van der Waals surface area contributed by atoms with Gasteiger partial charge in [0.15, 0.2) is 5.78 Å². The Morgan fingerprint density at radius 1 is 0.963 bits per heavy atom. The second-order valence-electron chi connectivity index (χ2n) is 5.85. The predicted molar refractivity (Wildman–Crippen MR) is 99.5 cm³/mol. The first-order chi connectivity index (χ1) is 13.0. The van der Waals surface area contributed by atoms with Crippen molar-refractivity contribution in [3.8, 4) is 0 Å². The van der Waals surface area contributed by atoms with Gasteiger partial charge in [-0.3, -0.25) is 10.2 Å². The summed E-state index contributed by atoms with van der Waals surface area (Å²) in [5.41, 5.74) is 3.88. The number of hydrazone groups is 1. The molecule has 0 aromatic heterocycles. The number of aliphatic hydroxyl groups is 5. The largest absolute Gasteiger partial charge is 0.394 e. The Balaban J connectivity index is 2.08. The van der Waals surface area contributed by atoms with Crippen LogP contribution >= 0.6 is 0 Å². The molecule has 0 radical (unpaired) electrons. The van der Waals surface area contributed by atoms with E-state index in [0.717, 1.165) is 6.21 Å². The lowest BCUT2D eigenvalue weighted by molar-refractivity contribution is -0.0999. The molecule has 0 fully saturated rings. The van der Waals surface area contributed by atoms with E-state index in [-0.39, 0.29) is 5.78 Å². The summed E-state index contributed by atoms with van der Waals surface area (Å²) < 4.78 is 0. The predicted octanol–water partition coefficient (Wildman–Crippen LogP) is -0.249. The molecule has 0 aliphatic heterocycles. The summed E-state index contributed by atoms with van der Waals surface area (Å²) in [4.78, 5) is 12.6. The standard InChI is InChI=1S/C19H22N2O6/c22-11-16(24)19(27)18(26)15(23)10-20-21-14-9-5-4-8-13(14)17(25)12-6-2-1-3-7-12/h1-10,15-16,18-19,21-24,26-27H,11H2/t15-,16+,18+,19+/m0/s1. The summed E-state index contributed by atoms with van der Waals surface area (Å²) >= 11 is 0. The van der Waals surface area contributed by atoms with Crippen molar-refractivity contribution in [1.29, 1.82) is 0 Å². The van der Waals surface area contributed by atoms with Crippen LogP contribution in [0, 0.1) is 0 Å². The van der Waals surface area contributed by atoms with E-state index >= 15 is 0 Å². The topological polar surface area (TPSA) is 143 Å². The fourth-order valence-electron chi connectivity index (χ4n) is 2.33. The maximum Gasteiger partial charge on any atom is 0.195 e. The minimum atomic E-state index is -1.75. The van der Waals surface area contributed by atoms with E-state index in [2.05, 4.69) is 10.5 Å². The number of hydrogen-bond acceptors (Lipinski definition) is 8. The number of benzene rings is 2. The summed E-state index contributed by atoms with van der Waals surface area (Å²) in [7, 11) is 0. The molecule has 0 saturated heterocycles. The first-order valence-corrected chi connectivity index (χ1v) is 8.26. The van der Waals surface area contributed by atoms with E-state index in [4.69, 9.17) is 5.11 Å². The molecule has 4 atom stereocenters. The summed E-state index contributed by atoms with van der Waals surface area (Å²) in [6, 6.07) is 15.4. The van der Waals surface area contributed by atoms with Crippen molar-refractivity contribution < 1.29 is 30.3 Å². The van der Waals surface area contributed by atoms with E-state index in [1.165, 1.54) is 0 Å². The lowest BCUT2D eigenvalue weighted by Crippen LogP contribution is -2.46. The van der Waals surface area contributed by atoms with Gasteiger partial charge in [-0.15, -0.1) is 0 Å². The highest BCUT2D eigenvalue weighted by Crippen LogP contribution is 2.19. The van der Waals surface area contributed by atoms with Crippen molar-refractivity contribution in [3.05, 3.63) is 65.7 Å². The Morgan fingerprint density at radius 3 is 2.26 bits per heavy atom. The maximum absolute atomic E-state index is 12.6.